The van der Waals surface area contributed by atoms with Crippen LogP contribution in [0.15, 0.2) is 0 Å². The van der Waals surface area contributed by atoms with E-state index in [9.17, 15) is 9.59 Å². The minimum atomic E-state index is 0.177. The van der Waals surface area contributed by atoms with E-state index in [0.717, 1.165) is 45.4 Å². The number of urea groups is 1. The van der Waals surface area contributed by atoms with E-state index in [-0.39, 0.29) is 11.9 Å². The highest BCUT2D eigenvalue weighted by Crippen LogP contribution is 2.26. The summed E-state index contributed by atoms with van der Waals surface area (Å²) in [4.78, 5) is 28.1. The lowest BCUT2D eigenvalue weighted by molar-refractivity contribution is -0.125. The second-order valence-electron chi connectivity index (χ2n) is 6.68. The van der Waals surface area contributed by atoms with Gasteiger partial charge in [-0.2, -0.15) is 0 Å². The lowest BCUT2D eigenvalue weighted by Crippen LogP contribution is -2.57. The van der Waals surface area contributed by atoms with Gasteiger partial charge in [0.05, 0.1) is 0 Å². The normalized spacial score (nSPS) is 34.5. The molecule has 3 amide bonds. The van der Waals surface area contributed by atoms with Crippen molar-refractivity contribution in [1.82, 2.24) is 15.1 Å². The zero-order chi connectivity index (χ0) is 14.1. The number of fused-ring (bicyclic) bond motifs is 1. The lowest BCUT2D eigenvalue weighted by Gasteiger charge is -2.43. The Labute approximate surface area is 120 Å². The monoisotopic (exact) mass is 279 g/mol. The molecule has 0 aliphatic carbocycles. The van der Waals surface area contributed by atoms with Gasteiger partial charge in [-0.3, -0.25) is 4.79 Å². The first kappa shape index (κ1) is 13.7. The van der Waals surface area contributed by atoms with E-state index in [1.54, 1.807) is 0 Å². The second-order valence-corrected chi connectivity index (χ2v) is 6.68. The molecule has 3 aliphatic rings. The van der Waals surface area contributed by atoms with Crippen molar-refractivity contribution < 1.29 is 9.59 Å². The fraction of sp³-hybridized carbons (Fsp3) is 0.867. The first-order valence-corrected chi connectivity index (χ1v) is 7.96. The van der Waals surface area contributed by atoms with E-state index in [1.165, 1.54) is 6.42 Å². The van der Waals surface area contributed by atoms with Gasteiger partial charge in [-0.25, -0.2) is 4.79 Å². The van der Waals surface area contributed by atoms with Crippen molar-refractivity contribution in [2.75, 3.05) is 26.2 Å². The summed E-state index contributed by atoms with van der Waals surface area (Å²) in [5, 5.41) is 3.07. The molecule has 5 nitrogen and oxygen atoms in total. The SMILES string of the molecule is CC1CCCN(C(=O)N2CCC3NC(=O)CCC3C2)C1. The third-order valence-electron chi connectivity index (χ3n) is 5.02. The molecule has 0 aromatic heterocycles. The molecule has 3 heterocycles. The van der Waals surface area contributed by atoms with Crippen LogP contribution < -0.4 is 5.32 Å². The van der Waals surface area contributed by atoms with Gasteiger partial charge in [0.2, 0.25) is 5.91 Å². The molecule has 3 rings (SSSR count). The zero-order valence-electron chi connectivity index (χ0n) is 12.3. The van der Waals surface area contributed by atoms with Crippen LogP contribution in [0.1, 0.15) is 39.0 Å². The number of nitrogens with zero attached hydrogens (tertiary/aromatic N) is 2. The fourth-order valence-electron chi connectivity index (χ4n) is 3.85. The molecule has 0 bridgehead atoms. The average molecular weight is 279 g/mol. The highest BCUT2D eigenvalue weighted by molar-refractivity contribution is 5.78. The molecule has 112 valence electrons. The molecule has 3 atom stereocenters. The molecule has 5 heteroatoms. The molecular formula is C15H25N3O2. The molecule has 3 aliphatic heterocycles. The van der Waals surface area contributed by atoms with Crippen molar-refractivity contribution in [3.05, 3.63) is 0 Å². The molecule has 0 radical (unpaired) electrons. The number of carbonyl (C=O) groups excluding carboxylic acids is 2. The highest BCUT2D eigenvalue weighted by Gasteiger charge is 2.36. The molecule has 0 aromatic carbocycles. The van der Waals surface area contributed by atoms with Gasteiger partial charge >= 0.3 is 6.03 Å². The van der Waals surface area contributed by atoms with Gasteiger partial charge < -0.3 is 15.1 Å². The predicted octanol–water partition coefficient (Wildman–Crippen LogP) is 1.44. The number of hydrogen-bond acceptors (Lipinski definition) is 2. The van der Waals surface area contributed by atoms with Crippen LogP contribution in [0.3, 0.4) is 0 Å². The van der Waals surface area contributed by atoms with E-state index in [2.05, 4.69) is 12.2 Å². The third-order valence-corrected chi connectivity index (χ3v) is 5.02. The van der Waals surface area contributed by atoms with Crippen molar-refractivity contribution in [2.24, 2.45) is 11.8 Å². The standard InChI is InChI=1S/C15H25N3O2/c1-11-3-2-7-17(9-11)15(20)18-8-6-13-12(10-18)4-5-14(19)16-13/h11-13H,2-10H2,1H3,(H,16,19). The summed E-state index contributed by atoms with van der Waals surface area (Å²) < 4.78 is 0. The van der Waals surface area contributed by atoms with Gasteiger partial charge in [-0.15, -0.1) is 0 Å². The van der Waals surface area contributed by atoms with Gasteiger partial charge in [0.1, 0.15) is 0 Å². The van der Waals surface area contributed by atoms with E-state index < -0.39 is 0 Å². The summed E-state index contributed by atoms with van der Waals surface area (Å²) >= 11 is 0. The van der Waals surface area contributed by atoms with Crippen LogP contribution in [-0.2, 0) is 4.79 Å². The van der Waals surface area contributed by atoms with Crippen molar-refractivity contribution >= 4 is 11.9 Å². The average Bonchev–Trinajstić information content (AvgIpc) is 2.46. The first-order chi connectivity index (χ1) is 9.63. The molecule has 1 N–H and O–H groups in total. The number of carbonyl (C=O) groups is 2. The maximum absolute atomic E-state index is 12.6. The topological polar surface area (TPSA) is 52.7 Å². The minimum absolute atomic E-state index is 0.177. The maximum atomic E-state index is 12.6. The summed E-state index contributed by atoms with van der Waals surface area (Å²) in [6.45, 7) is 5.63. The number of hydrogen-bond donors (Lipinski definition) is 1. The van der Waals surface area contributed by atoms with Crippen LogP contribution in [0.25, 0.3) is 0 Å². The van der Waals surface area contributed by atoms with Crippen molar-refractivity contribution in [3.63, 3.8) is 0 Å². The molecule has 3 saturated heterocycles. The number of amides is 3. The smallest absolute Gasteiger partial charge is 0.320 e. The van der Waals surface area contributed by atoms with Crippen LogP contribution in [0.5, 0.6) is 0 Å². The van der Waals surface area contributed by atoms with Gasteiger partial charge in [-0.1, -0.05) is 6.92 Å². The van der Waals surface area contributed by atoms with E-state index in [1.807, 2.05) is 9.80 Å². The first-order valence-electron chi connectivity index (χ1n) is 7.96. The van der Waals surface area contributed by atoms with Gasteiger partial charge in [0.25, 0.3) is 0 Å². The Hall–Kier alpha value is -1.26. The van der Waals surface area contributed by atoms with E-state index in [4.69, 9.17) is 0 Å². The summed E-state index contributed by atoms with van der Waals surface area (Å²) in [6, 6.07) is 0.507. The van der Waals surface area contributed by atoms with Gasteiger partial charge in [-0.05, 0) is 37.5 Å². The Morgan fingerprint density at radius 1 is 1.15 bits per heavy atom. The number of piperidine rings is 3. The fourth-order valence-corrected chi connectivity index (χ4v) is 3.85. The van der Waals surface area contributed by atoms with Crippen LogP contribution in [0.4, 0.5) is 4.79 Å². The van der Waals surface area contributed by atoms with Crippen molar-refractivity contribution in [3.8, 4) is 0 Å². The van der Waals surface area contributed by atoms with Crippen LogP contribution in [0, 0.1) is 11.8 Å². The van der Waals surface area contributed by atoms with E-state index >= 15 is 0 Å². The molecule has 20 heavy (non-hydrogen) atoms. The quantitative estimate of drug-likeness (QED) is 0.729. The largest absolute Gasteiger partial charge is 0.353 e. The highest BCUT2D eigenvalue weighted by atomic mass is 16.2. The van der Waals surface area contributed by atoms with Crippen LogP contribution in [0.2, 0.25) is 0 Å². The lowest BCUT2D eigenvalue weighted by atomic mass is 9.85. The van der Waals surface area contributed by atoms with Crippen LogP contribution in [-0.4, -0.2) is 54.0 Å². The zero-order valence-corrected chi connectivity index (χ0v) is 12.3. The summed E-state index contributed by atoms with van der Waals surface area (Å²) in [5.41, 5.74) is 0. The summed E-state index contributed by atoms with van der Waals surface area (Å²) in [6.07, 6.45) is 4.82. The molecule has 3 unspecified atom stereocenters. The van der Waals surface area contributed by atoms with Crippen molar-refractivity contribution in [2.45, 2.75) is 45.1 Å². The Kier molecular flexibility index (Phi) is 3.85. The Morgan fingerprint density at radius 3 is 2.75 bits per heavy atom. The Bertz CT molecular complexity index is 399. The molecule has 0 saturated carbocycles. The van der Waals surface area contributed by atoms with Crippen molar-refractivity contribution in [1.29, 1.82) is 0 Å². The Morgan fingerprint density at radius 2 is 1.95 bits per heavy atom. The van der Waals surface area contributed by atoms with Gasteiger partial charge in [0.15, 0.2) is 0 Å². The number of nitrogens with one attached hydrogen (secondary N) is 1. The Balaban J connectivity index is 1.58. The summed E-state index contributed by atoms with van der Waals surface area (Å²) in [7, 11) is 0. The number of likely N-dealkylation sites (tertiary alicyclic amines) is 2. The van der Waals surface area contributed by atoms with Crippen LogP contribution >= 0.6 is 0 Å². The number of rotatable bonds is 0. The summed E-state index contributed by atoms with van der Waals surface area (Å²) in [5.74, 6) is 1.25. The molecule has 3 fully saturated rings. The maximum Gasteiger partial charge on any atom is 0.320 e. The van der Waals surface area contributed by atoms with Gasteiger partial charge in [0, 0.05) is 38.6 Å². The second kappa shape index (κ2) is 5.62. The third kappa shape index (κ3) is 2.76. The molecular weight excluding hydrogens is 254 g/mol. The minimum Gasteiger partial charge on any atom is -0.353 e. The molecule has 0 aromatic rings. The molecule has 0 spiro atoms. The predicted molar refractivity (Wildman–Crippen MR) is 76.2 cm³/mol. The van der Waals surface area contributed by atoms with E-state index in [0.29, 0.717) is 24.3 Å².